The molecule has 0 aromatic rings. The van der Waals surface area contributed by atoms with Gasteiger partial charge in [-0.2, -0.15) is 0 Å². The Labute approximate surface area is 78.6 Å². The maximum Gasteiger partial charge on any atom is 0.305 e. The van der Waals surface area contributed by atoms with Gasteiger partial charge in [0, 0.05) is 12.5 Å². The summed E-state index contributed by atoms with van der Waals surface area (Å²) in [5.41, 5.74) is -0.249. The van der Waals surface area contributed by atoms with E-state index in [9.17, 15) is 4.79 Å². The molecule has 1 N–H and O–H groups in total. The molecule has 1 fully saturated rings. The third-order valence-electron chi connectivity index (χ3n) is 2.12. The van der Waals surface area contributed by atoms with Gasteiger partial charge in [-0.3, -0.25) is 10.1 Å². The van der Waals surface area contributed by atoms with Crippen LogP contribution >= 0.6 is 0 Å². The van der Waals surface area contributed by atoms with Gasteiger partial charge in [0.25, 0.3) is 0 Å². The van der Waals surface area contributed by atoms with E-state index in [1.165, 1.54) is 7.11 Å². The lowest BCUT2D eigenvalue weighted by Crippen LogP contribution is -2.38. The Kier molecular flexibility index (Phi) is 3.27. The van der Waals surface area contributed by atoms with Crippen molar-refractivity contribution >= 4 is 5.97 Å². The van der Waals surface area contributed by atoms with Crippen molar-refractivity contribution < 1.29 is 14.3 Å². The standard InChI is InChI=1S/C9H17NO3/c1-9(2)10-7(6-13-9)4-5-8(11)12-3/h7,10H,4-6H2,1-3H3/t7-/m1/s1. The van der Waals surface area contributed by atoms with Crippen LogP contribution in [0.4, 0.5) is 0 Å². The van der Waals surface area contributed by atoms with Crippen molar-refractivity contribution in [2.24, 2.45) is 0 Å². The number of esters is 1. The lowest BCUT2D eigenvalue weighted by Gasteiger charge is -2.17. The molecule has 0 amide bonds. The van der Waals surface area contributed by atoms with Crippen LogP contribution in [0.15, 0.2) is 0 Å². The highest BCUT2D eigenvalue weighted by molar-refractivity contribution is 5.69. The quantitative estimate of drug-likeness (QED) is 0.659. The van der Waals surface area contributed by atoms with E-state index in [2.05, 4.69) is 10.1 Å². The molecule has 1 atom stereocenters. The zero-order valence-electron chi connectivity index (χ0n) is 8.42. The summed E-state index contributed by atoms with van der Waals surface area (Å²) < 4.78 is 10.0. The number of hydrogen-bond donors (Lipinski definition) is 1. The number of ether oxygens (including phenoxy) is 2. The van der Waals surface area contributed by atoms with Crippen LogP contribution in [0.1, 0.15) is 26.7 Å². The molecule has 13 heavy (non-hydrogen) atoms. The number of nitrogens with one attached hydrogen (secondary N) is 1. The Morgan fingerprint density at radius 2 is 2.38 bits per heavy atom. The molecule has 1 saturated heterocycles. The zero-order valence-corrected chi connectivity index (χ0v) is 8.42. The molecule has 0 radical (unpaired) electrons. The zero-order chi connectivity index (χ0) is 9.90. The molecule has 1 rings (SSSR count). The molecule has 1 heterocycles. The van der Waals surface area contributed by atoms with Gasteiger partial charge in [-0.05, 0) is 20.3 Å². The minimum absolute atomic E-state index is 0.161. The molecule has 4 nitrogen and oxygen atoms in total. The highest BCUT2D eigenvalue weighted by Gasteiger charge is 2.30. The molecule has 0 spiro atoms. The van der Waals surface area contributed by atoms with Crippen LogP contribution in [0.5, 0.6) is 0 Å². The molecular formula is C9H17NO3. The van der Waals surface area contributed by atoms with E-state index in [1.807, 2.05) is 13.8 Å². The van der Waals surface area contributed by atoms with Gasteiger partial charge in [-0.25, -0.2) is 0 Å². The monoisotopic (exact) mass is 187 g/mol. The van der Waals surface area contributed by atoms with Gasteiger partial charge in [0.1, 0.15) is 5.72 Å². The third-order valence-corrected chi connectivity index (χ3v) is 2.12. The summed E-state index contributed by atoms with van der Waals surface area (Å²) in [7, 11) is 1.41. The number of rotatable bonds is 3. The van der Waals surface area contributed by atoms with Gasteiger partial charge in [-0.1, -0.05) is 0 Å². The SMILES string of the molecule is COC(=O)CC[C@@H]1COC(C)(C)N1. The fourth-order valence-corrected chi connectivity index (χ4v) is 1.43. The van der Waals surface area contributed by atoms with E-state index in [0.29, 0.717) is 13.0 Å². The first-order valence-corrected chi connectivity index (χ1v) is 4.52. The van der Waals surface area contributed by atoms with E-state index >= 15 is 0 Å². The minimum Gasteiger partial charge on any atom is -0.469 e. The van der Waals surface area contributed by atoms with Crippen molar-refractivity contribution in [1.29, 1.82) is 0 Å². The highest BCUT2D eigenvalue weighted by Crippen LogP contribution is 2.17. The summed E-state index contributed by atoms with van der Waals surface area (Å²) in [5.74, 6) is -0.161. The van der Waals surface area contributed by atoms with Crippen LogP contribution in [0.3, 0.4) is 0 Å². The Morgan fingerprint density at radius 3 is 2.85 bits per heavy atom. The maximum absolute atomic E-state index is 10.8. The molecule has 0 unspecified atom stereocenters. The molecule has 0 bridgehead atoms. The molecule has 1 aliphatic heterocycles. The normalized spacial score (nSPS) is 25.9. The second-order valence-corrected chi connectivity index (χ2v) is 3.78. The molecule has 0 aliphatic carbocycles. The number of methoxy groups -OCH3 is 1. The molecule has 4 heteroatoms. The van der Waals surface area contributed by atoms with Crippen LogP contribution < -0.4 is 5.32 Å². The van der Waals surface area contributed by atoms with Gasteiger partial charge in [0.05, 0.1) is 13.7 Å². The molecule has 1 aliphatic rings. The van der Waals surface area contributed by atoms with Crippen molar-refractivity contribution in [3.63, 3.8) is 0 Å². The van der Waals surface area contributed by atoms with Gasteiger partial charge in [-0.15, -0.1) is 0 Å². The Bertz CT molecular complexity index is 191. The molecule has 0 saturated carbocycles. The van der Waals surface area contributed by atoms with Crippen LogP contribution in [0, 0.1) is 0 Å². The summed E-state index contributed by atoms with van der Waals surface area (Å²) in [6, 6.07) is 0.272. The largest absolute Gasteiger partial charge is 0.469 e. The first-order valence-electron chi connectivity index (χ1n) is 4.52. The first-order chi connectivity index (χ1) is 6.03. The lowest BCUT2D eigenvalue weighted by atomic mass is 10.1. The van der Waals surface area contributed by atoms with E-state index in [-0.39, 0.29) is 17.7 Å². The average Bonchev–Trinajstić information content (AvgIpc) is 2.41. The predicted octanol–water partition coefficient (Wildman–Crippen LogP) is 0.664. The van der Waals surface area contributed by atoms with E-state index in [4.69, 9.17) is 4.74 Å². The number of carbonyl (C=O) groups is 1. The molecular weight excluding hydrogens is 170 g/mol. The minimum atomic E-state index is -0.249. The fourth-order valence-electron chi connectivity index (χ4n) is 1.43. The van der Waals surface area contributed by atoms with Crippen molar-refractivity contribution in [1.82, 2.24) is 5.32 Å². The van der Waals surface area contributed by atoms with E-state index in [1.54, 1.807) is 0 Å². The van der Waals surface area contributed by atoms with Gasteiger partial charge >= 0.3 is 5.97 Å². The van der Waals surface area contributed by atoms with Crippen molar-refractivity contribution in [2.45, 2.75) is 38.5 Å². The summed E-state index contributed by atoms with van der Waals surface area (Å²) in [4.78, 5) is 10.8. The van der Waals surface area contributed by atoms with Crippen LogP contribution in [-0.2, 0) is 14.3 Å². The predicted molar refractivity (Wildman–Crippen MR) is 48.2 cm³/mol. The molecule has 0 aromatic carbocycles. The van der Waals surface area contributed by atoms with E-state index < -0.39 is 0 Å². The van der Waals surface area contributed by atoms with Gasteiger partial charge in [0.15, 0.2) is 0 Å². The van der Waals surface area contributed by atoms with E-state index in [0.717, 1.165) is 6.42 Å². The topological polar surface area (TPSA) is 47.6 Å². The third kappa shape index (κ3) is 3.32. The highest BCUT2D eigenvalue weighted by atomic mass is 16.5. The number of carbonyl (C=O) groups excluding carboxylic acids is 1. The second-order valence-electron chi connectivity index (χ2n) is 3.78. The van der Waals surface area contributed by atoms with Gasteiger partial charge in [0.2, 0.25) is 0 Å². The smallest absolute Gasteiger partial charge is 0.305 e. The maximum atomic E-state index is 10.8. The van der Waals surface area contributed by atoms with Crippen molar-refractivity contribution in [3.8, 4) is 0 Å². The Hall–Kier alpha value is -0.610. The molecule has 76 valence electrons. The van der Waals surface area contributed by atoms with Crippen LogP contribution in [-0.4, -0.2) is 31.5 Å². The fraction of sp³-hybridized carbons (Fsp3) is 0.889. The summed E-state index contributed by atoms with van der Waals surface area (Å²) in [6.45, 7) is 4.63. The molecule has 0 aromatic heterocycles. The first kappa shape index (κ1) is 10.5. The Balaban J connectivity index is 2.21. The van der Waals surface area contributed by atoms with Crippen molar-refractivity contribution in [2.75, 3.05) is 13.7 Å². The van der Waals surface area contributed by atoms with Crippen LogP contribution in [0.2, 0.25) is 0 Å². The van der Waals surface area contributed by atoms with Crippen LogP contribution in [0.25, 0.3) is 0 Å². The second kappa shape index (κ2) is 4.07. The number of hydrogen-bond acceptors (Lipinski definition) is 4. The summed E-state index contributed by atoms with van der Waals surface area (Å²) >= 11 is 0. The summed E-state index contributed by atoms with van der Waals surface area (Å²) in [5, 5.41) is 3.28. The van der Waals surface area contributed by atoms with Gasteiger partial charge < -0.3 is 9.47 Å². The lowest BCUT2D eigenvalue weighted by molar-refractivity contribution is -0.140. The average molecular weight is 187 g/mol. The Morgan fingerprint density at radius 1 is 1.69 bits per heavy atom. The summed E-state index contributed by atoms with van der Waals surface area (Å²) in [6.07, 6.45) is 1.23. The van der Waals surface area contributed by atoms with Crippen molar-refractivity contribution in [3.05, 3.63) is 0 Å².